The van der Waals surface area contributed by atoms with Crippen LogP contribution >= 0.6 is 23.4 Å². The van der Waals surface area contributed by atoms with Crippen LogP contribution in [-0.2, 0) is 16.0 Å². The van der Waals surface area contributed by atoms with Gasteiger partial charge in [0.2, 0.25) is 11.8 Å². The number of halogens is 2. The van der Waals surface area contributed by atoms with Crippen LogP contribution in [0.25, 0.3) is 5.69 Å². The molecule has 1 atom stereocenters. The molecule has 1 fully saturated rings. The van der Waals surface area contributed by atoms with E-state index >= 15 is 0 Å². The van der Waals surface area contributed by atoms with Crippen LogP contribution in [0.2, 0.25) is 5.02 Å². The van der Waals surface area contributed by atoms with Crippen LogP contribution in [-0.4, -0.2) is 44.4 Å². The average molecular weight is 489 g/mol. The van der Waals surface area contributed by atoms with E-state index in [1.165, 1.54) is 12.1 Å². The van der Waals surface area contributed by atoms with Crippen LogP contribution in [0.5, 0.6) is 0 Å². The molecule has 1 aliphatic heterocycles. The van der Waals surface area contributed by atoms with Crippen LogP contribution in [0.4, 0.5) is 14.9 Å². The highest BCUT2D eigenvalue weighted by Gasteiger charge is 2.27. The molecule has 4 amide bonds. The smallest absolute Gasteiger partial charge is 0.321 e. The van der Waals surface area contributed by atoms with Gasteiger partial charge in [-0.05, 0) is 42.5 Å². The summed E-state index contributed by atoms with van der Waals surface area (Å²) in [7, 11) is 0. The van der Waals surface area contributed by atoms with E-state index in [1.54, 1.807) is 41.0 Å². The number of anilines is 1. The average Bonchev–Trinajstić information content (AvgIpc) is 3.14. The number of benzene rings is 2. The maximum atomic E-state index is 13.5. The van der Waals surface area contributed by atoms with Gasteiger partial charge in [-0.15, -0.1) is 10.2 Å². The van der Waals surface area contributed by atoms with Crippen molar-refractivity contribution in [1.82, 2.24) is 25.4 Å². The van der Waals surface area contributed by atoms with Gasteiger partial charge in [0.25, 0.3) is 0 Å². The van der Waals surface area contributed by atoms with Crippen LogP contribution in [0.15, 0.2) is 53.7 Å². The molecule has 12 heteroatoms. The molecular weight excluding hydrogens is 471 g/mol. The lowest BCUT2D eigenvalue weighted by Gasteiger charge is -2.23. The van der Waals surface area contributed by atoms with Crippen molar-refractivity contribution in [3.63, 3.8) is 0 Å². The lowest BCUT2D eigenvalue weighted by atomic mass is 10.1. The molecule has 1 unspecified atom stereocenters. The van der Waals surface area contributed by atoms with Gasteiger partial charge in [0, 0.05) is 35.3 Å². The first-order valence-electron chi connectivity index (χ1n) is 9.86. The second-order valence-corrected chi connectivity index (χ2v) is 8.56. The first-order valence-corrected chi connectivity index (χ1v) is 11.2. The molecule has 0 radical (unpaired) electrons. The van der Waals surface area contributed by atoms with Crippen molar-refractivity contribution in [2.45, 2.75) is 24.0 Å². The summed E-state index contributed by atoms with van der Waals surface area (Å²) in [6.07, 6.45) is 0.311. The zero-order valence-electron chi connectivity index (χ0n) is 17.0. The van der Waals surface area contributed by atoms with E-state index in [4.69, 9.17) is 11.6 Å². The number of carbonyl (C=O) groups excluding carboxylic acids is 3. The summed E-state index contributed by atoms with van der Waals surface area (Å²) in [6.45, 7) is 0. The Kier molecular flexibility index (Phi) is 6.90. The summed E-state index contributed by atoms with van der Waals surface area (Å²) < 4.78 is 15.2. The lowest BCUT2D eigenvalue weighted by molar-refractivity contribution is -0.121. The number of nitrogens with one attached hydrogen (secondary N) is 3. The number of rotatable bonds is 7. The van der Waals surface area contributed by atoms with Gasteiger partial charge in [-0.25, -0.2) is 9.18 Å². The third-order valence-corrected chi connectivity index (χ3v) is 5.84. The quantitative estimate of drug-likeness (QED) is 0.440. The molecule has 170 valence electrons. The molecule has 0 aliphatic carbocycles. The molecule has 9 nitrogen and oxygen atoms in total. The predicted molar refractivity (Wildman–Crippen MR) is 121 cm³/mol. The van der Waals surface area contributed by atoms with Crippen molar-refractivity contribution in [2.75, 3.05) is 11.1 Å². The minimum absolute atomic E-state index is 0.0361. The molecule has 33 heavy (non-hydrogen) atoms. The molecule has 0 saturated carbocycles. The Morgan fingerprint density at radius 3 is 2.73 bits per heavy atom. The zero-order valence-corrected chi connectivity index (χ0v) is 18.6. The summed E-state index contributed by atoms with van der Waals surface area (Å²) in [6, 6.07) is 11.5. The molecule has 2 aromatic carbocycles. The number of amides is 4. The maximum absolute atomic E-state index is 13.5. The highest BCUT2D eigenvalue weighted by molar-refractivity contribution is 7.99. The van der Waals surface area contributed by atoms with E-state index < -0.39 is 17.9 Å². The van der Waals surface area contributed by atoms with Gasteiger partial charge in [0.15, 0.2) is 5.16 Å². The van der Waals surface area contributed by atoms with Crippen molar-refractivity contribution in [2.24, 2.45) is 0 Å². The number of thioether (sulfide) groups is 1. The monoisotopic (exact) mass is 488 g/mol. The minimum Gasteiger partial charge on any atom is -0.334 e. The standard InChI is InChI=1S/C21H18ClFN6O3S/c22-12-2-1-3-14(8-12)24-19(31)11-33-21-28-27-17(9-15-10-18(30)26-20(32)25-15)29(21)16-6-4-13(23)5-7-16/h1-8,15H,9-11H2,(H,24,31)(H2,25,26,30,32). The SMILES string of the molecule is O=C1CC(Cc2nnc(SCC(=O)Nc3cccc(Cl)c3)n2-c2ccc(F)cc2)NC(=O)N1. The number of hydrogen-bond donors (Lipinski definition) is 3. The van der Waals surface area contributed by atoms with Gasteiger partial charge in [0.05, 0.1) is 5.75 Å². The van der Waals surface area contributed by atoms with E-state index in [9.17, 15) is 18.8 Å². The Morgan fingerprint density at radius 2 is 2.00 bits per heavy atom. The third-order valence-electron chi connectivity index (χ3n) is 4.67. The van der Waals surface area contributed by atoms with Gasteiger partial charge < -0.3 is 10.6 Å². The van der Waals surface area contributed by atoms with E-state index in [-0.39, 0.29) is 30.4 Å². The second kappa shape index (κ2) is 10.0. The van der Waals surface area contributed by atoms with Gasteiger partial charge in [-0.3, -0.25) is 19.5 Å². The largest absolute Gasteiger partial charge is 0.334 e. The van der Waals surface area contributed by atoms with Crippen molar-refractivity contribution < 1.29 is 18.8 Å². The first-order chi connectivity index (χ1) is 15.9. The van der Waals surface area contributed by atoms with Gasteiger partial charge in [0.1, 0.15) is 11.6 Å². The number of nitrogens with zero attached hydrogens (tertiary/aromatic N) is 3. The van der Waals surface area contributed by atoms with Crippen LogP contribution in [0, 0.1) is 5.82 Å². The molecule has 1 saturated heterocycles. The predicted octanol–water partition coefficient (Wildman–Crippen LogP) is 2.93. The minimum atomic E-state index is -0.573. The van der Waals surface area contributed by atoms with Crippen molar-refractivity contribution in [1.29, 1.82) is 0 Å². The Balaban J connectivity index is 1.53. The van der Waals surface area contributed by atoms with Crippen molar-refractivity contribution >= 4 is 46.9 Å². The summed E-state index contributed by atoms with van der Waals surface area (Å²) in [5.74, 6) is -0.564. The fourth-order valence-corrected chi connectivity index (χ4v) is 4.25. The Bertz CT molecular complexity index is 1190. The van der Waals surface area contributed by atoms with E-state index in [0.717, 1.165) is 11.8 Å². The van der Waals surface area contributed by atoms with E-state index in [1.807, 2.05) is 0 Å². The topological polar surface area (TPSA) is 118 Å². The zero-order chi connectivity index (χ0) is 23.4. The molecule has 0 spiro atoms. The van der Waals surface area contributed by atoms with Crippen LogP contribution in [0.1, 0.15) is 12.2 Å². The molecule has 3 N–H and O–H groups in total. The Hall–Kier alpha value is -3.44. The summed E-state index contributed by atoms with van der Waals surface area (Å²) in [4.78, 5) is 35.8. The number of aromatic nitrogens is 3. The Morgan fingerprint density at radius 1 is 1.21 bits per heavy atom. The number of carbonyl (C=O) groups is 3. The Labute approximate surface area is 197 Å². The maximum Gasteiger partial charge on any atom is 0.321 e. The van der Waals surface area contributed by atoms with Crippen LogP contribution < -0.4 is 16.0 Å². The van der Waals surface area contributed by atoms with Gasteiger partial charge in [-0.2, -0.15) is 0 Å². The molecular formula is C21H18ClFN6O3S. The molecule has 0 bridgehead atoms. The molecule has 1 aromatic heterocycles. The summed E-state index contributed by atoms with van der Waals surface area (Å²) in [5.41, 5.74) is 1.15. The highest BCUT2D eigenvalue weighted by Crippen LogP contribution is 2.24. The summed E-state index contributed by atoms with van der Waals surface area (Å²) >= 11 is 7.09. The highest BCUT2D eigenvalue weighted by atomic mass is 35.5. The van der Waals surface area contributed by atoms with E-state index in [0.29, 0.717) is 27.4 Å². The fraction of sp³-hybridized carbons (Fsp3) is 0.190. The number of hydrogen-bond acceptors (Lipinski definition) is 6. The molecule has 3 aromatic rings. The van der Waals surface area contributed by atoms with E-state index in [2.05, 4.69) is 26.1 Å². The second-order valence-electron chi connectivity index (χ2n) is 7.18. The normalized spacial score (nSPS) is 15.6. The lowest BCUT2D eigenvalue weighted by Crippen LogP contribution is -2.53. The fourth-order valence-electron chi connectivity index (χ4n) is 3.29. The van der Waals surface area contributed by atoms with Crippen molar-refractivity contribution in [3.05, 3.63) is 65.2 Å². The molecule has 4 rings (SSSR count). The van der Waals surface area contributed by atoms with Gasteiger partial charge >= 0.3 is 6.03 Å². The number of imide groups is 1. The first kappa shape index (κ1) is 22.7. The molecule has 2 heterocycles. The third kappa shape index (κ3) is 5.88. The summed E-state index contributed by atoms with van der Waals surface area (Å²) in [5, 5.41) is 16.9. The molecule has 1 aliphatic rings. The van der Waals surface area contributed by atoms with Crippen LogP contribution in [0.3, 0.4) is 0 Å². The van der Waals surface area contributed by atoms with Gasteiger partial charge in [-0.1, -0.05) is 29.4 Å². The number of urea groups is 1. The van der Waals surface area contributed by atoms with Crippen molar-refractivity contribution in [3.8, 4) is 5.69 Å².